The lowest BCUT2D eigenvalue weighted by atomic mass is 9.95. The third-order valence-electron chi connectivity index (χ3n) is 5.90. The lowest BCUT2D eigenvalue weighted by Gasteiger charge is -2.36. The molecule has 1 saturated heterocycles. The number of fused-ring (bicyclic) bond motifs is 1. The highest BCUT2D eigenvalue weighted by Crippen LogP contribution is 2.35. The van der Waals surface area contributed by atoms with Crippen LogP contribution < -0.4 is 10.2 Å². The Bertz CT molecular complexity index is 778. The van der Waals surface area contributed by atoms with Gasteiger partial charge in [-0.25, -0.2) is 0 Å². The molecule has 0 aromatic heterocycles. The molecule has 2 aliphatic heterocycles. The van der Waals surface area contributed by atoms with Gasteiger partial charge in [-0.1, -0.05) is 42.3 Å². The van der Waals surface area contributed by atoms with Gasteiger partial charge in [0.1, 0.15) is 0 Å². The molecule has 2 aliphatic rings. The predicted molar refractivity (Wildman–Crippen MR) is 111 cm³/mol. The number of rotatable bonds is 6. The van der Waals surface area contributed by atoms with Gasteiger partial charge in [-0.2, -0.15) is 0 Å². The fraction of sp³-hybridized carbons (Fsp3) is 0.435. The summed E-state index contributed by atoms with van der Waals surface area (Å²) in [6, 6.07) is 16.9. The fourth-order valence-electron chi connectivity index (χ4n) is 4.23. The minimum atomic E-state index is 0.0413. The zero-order valence-electron chi connectivity index (χ0n) is 16.2. The Hall–Kier alpha value is -2.33. The SMILES string of the molecule is [11CH3]c1ccc(N2CCN(CCCCC3C(=O)Nc4ccccc43)CC2)cc1. The van der Waals surface area contributed by atoms with Gasteiger partial charge in [-0.15, -0.1) is 0 Å². The number of hydrogen-bond donors (Lipinski definition) is 1. The van der Waals surface area contributed by atoms with Crippen molar-refractivity contribution in [1.82, 2.24) is 4.90 Å². The number of nitrogens with one attached hydrogen (secondary N) is 1. The van der Waals surface area contributed by atoms with Crippen LogP contribution in [0.15, 0.2) is 48.5 Å². The number of carbonyl (C=O) groups is 1. The number of benzene rings is 2. The first-order valence-electron chi connectivity index (χ1n) is 10.1. The van der Waals surface area contributed by atoms with Crippen LogP contribution in [-0.2, 0) is 4.79 Å². The van der Waals surface area contributed by atoms with Gasteiger partial charge in [-0.3, -0.25) is 9.69 Å². The fourth-order valence-corrected chi connectivity index (χ4v) is 4.23. The molecule has 0 bridgehead atoms. The van der Waals surface area contributed by atoms with Crippen molar-refractivity contribution in [3.8, 4) is 0 Å². The standard InChI is InChI=1S/C23H29N3O/c1-18-9-11-19(12-10-18)26-16-14-25(15-17-26)13-5-4-7-21-20-6-2-3-8-22(20)24-23(21)27/h2-3,6,8-12,21H,4-5,7,13-17H2,1H3,(H,24,27)/i1-1. The van der Waals surface area contributed by atoms with Gasteiger partial charge in [0.2, 0.25) is 5.91 Å². The highest BCUT2D eigenvalue weighted by molar-refractivity contribution is 6.02. The van der Waals surface area contributed by atoms with Crippen molar-refractivity contribution in [2.75, 3.05) is 42.9 Å². The van der Waals surface area contributed by atoms with Crippen molar-refractivity contribution < 1.29 is 4.79 Å². The van der Waals surface area contributed by atoms with Crippen LogP contribution in [0.3, 0.4) is 0 Å². The van der Waals surface area contributed by atoms with E-state index >= 15 is 0 Å². The number of aryl methyl sites for hydroxylation is 1. The first-order chi connectivity index (χ1) is 13.2. The van der Waals surface area contributed by atoms with Gasteiger partial charge in [0, 0.05) is 37.6 Å². The average molecular weight is 363 g/mol. The Labute approximate surface area is 162 Å². The largest absolute Gasteiger partial charge is 0.369 e. The summed E-state index contributed by atoms with van der Waals surface area (Å²) in [7, 11) is 0. The molecule has 1 N–H and O–H groups in total. The van der Waals surface area contributed by atoms with Crippen LogP contribution in [0.1, 0.15) is 36.3 Å². The highest BCUT2D eigenvalue weighted by atomic mass is 16.2. The van der Waals surface area contributed by atoms with Crippen molar-refractivity contribution in [1.29, 1.82) is 0 Å². The first-order valence-corrected chi connectivity index (χ1v) is 10.1. The third-order valence-corrected chi connectivity index (χ3v) is 5.90. The van der Waals surface area contributed by atoms with Gasteiger partial charge in [0.25, 0.3) is 0 Å². The van der Waals surface area contributed by atoms with E-state index in [9.17, 15) is 4.79 Å². The molecule has 4 rings (SSSR count). The molecule has 2 aromatic rings. The molecule has 2 aromatic carbocycles. The number of nitrogens with zero attached hydrogens (tertiary/aromatic N) is 2. The second kappa shape index (κ2) is 8.13. The third kappa shape index (κ3) is 4.16. The lowest BCUT2D eigenvalue weighted by Crippen LogP contribution is -2.46. The zero-order chi connectivity index (χ0) is 18.6. The topological polar surface area (TPSA) is 35.6 Å². The summed E-state index contributed by atoms with van der Waals surface area (Å²) in [6.07, 6.45) is 3.22. The van der Waals surface area contributed by atoms with Gasteiger partial charge >= 0.3 is 0 Å². The van der Waals surface area contributed by atoms with E-state index in [2.05, 4.69) is 52.4 Å². The van der Waals surface area contributed by atoms with E-state index in [1.807, 2.05) is 18.2 Å². The molecule has 2 heterocycles. The zero-order valence-corrected chi connectivity index (χ0v) is 16.2. The second-order valence-electron chi connectivity index (χ2n) is 7.79. The predicted octanol–water partition coefficient (Wildman–Crippen LogP) is 4.02. The highest BCUT2D eigenvalue weighted by Gasteiger charge is 2.29. The number of amides is 1. The van der Waals surface area contributed by atoms with E-state index in [0.717, 1.165) is 57.7 Å². The molecule has 0 aliphatic carbocycles. The summed E-state index contributed by atoms with van der Waals surface area (Å²) >= 11 is 0. The normalized spacial score (nSPS) is 19.8. The van der Waals surface area contributed by atoms with Crippen LogP contribution in [-0.4, -0.2) is 43.5 Å². The Balaban J connectivity index is 1.19. The summed E-state index contributed by atoms with van der Waals surface area (Å²) in [4.78, 5) is 17.2. The number of hydrogen-bond acceptors (Lipinski definition) is 3. The summed E-state index contributed by atoms with van der Waals surface area (Å²) in [5.41, 5.74) is 4.83. The molecule has 4 heteroatoms. The number of carbonyl (C=O) groups excluding carboxylic acids is 1. The van der Waals surface area contributed by atoms with Crippen LogP contribution in [0.5, 0.6) is 0 Å². The Kier molecular flexibility index (Phi) is 5.44. The maximum atomic E-state index is 12.2. The molecule has 0 radical (unpaired) electrons. The maximum Gasteiger partial charge on any atom is 0.232 e. The lowest BCUT2D eigenvalue weighted by molar-refractivity contribution is -0.117. The maximum absolute atomic E-state index is 12.2. The number of para-hydroxylation sites is 1. The minimum Gasteiger partial charge on any atom is -0.369 e. The van der Waals surface area contributed by atoms with E-state index in [-0.39, 0.29) is 11.8 Å². The molecule has 1 unspecified atom stereocenters. The molecule has 1 atom stereocenters. The van der Waals surface area contributed by atoms with Crippen LogP contribution >= 0.6 is 0 Å². The Morgan fingerprint density at radius 3 is 2.48 bits per heavy atom. The van der Waals surface area contributed by atoms with Gasteiger partial charge in [0.05, 0.1) is 5.92 Å². The van der Waals surface area contributed by atoms with E-state index in [1.54, 1.807) is 0 Å². The van der Waals surface area contributed by atoms with Crippen molar-refractivity contribution in [2.45, 2.75) is 32.1 Å². The molecule has 142 valence electrons. The van der Waals surface area contributed by atoms with E-state index in [0.29, 0.717) is 0 Å². The van der Waals surface area contributed by atoms with Crippen molar-refractivity contribution in [3.05, 3.63) is 59.7 Å². The quantitative estimate of drug-likeness (QED) is 0.788. The summed E-state index contributed by atoms with van der Waals surface area (Å²) in [6.45, 7) is 7.72. The number of piperazine rings is 1. The summed E-state index contributed by atoms with van der Waals surface area (Å²) in [5.74, 6) is 0.211. The summed E-state index contributed by atoms with van der Waals surface area (Å²) < 4.78 is 0. The average Bonchev–Trinajstić information content (AvgIpc) is 3.02. The minimum absolute atomic E-state index is 0.0413. The molecule has 0 saturated carbocycles. The van der Waals surface area contributed by atoms with Gasteiger partial charge in [-0.05, 0) is 50.1 Å². The molecular formula is C23H29N3O. The Morgan fingerprint density at radius 1 is 0.963 bits per heavy atom. The van der Waals surface area contributed by atoms with Crippen LogP contribution in [0, 0.1) is 6.92 Å². The molecule has 4 nitrogen and oxygen atoms in total. The Morgan fingerprint density at radius 2 is 1.70 bits per heavy atom. The molecule has 27 heavy (non-hydrogen) atoms. The summed E-state index contributed by atoms with van der Waals surface area (Å²) in [5, 5.41) is 3.01. The van der Waals surface area contributed by atoms with Crippen LogP contribution in [0.25, 0.3) is 0 Å². The van der Waals surface area contributed by atoms with Crippen LogP contribution in [0.2, 0.25) is 0 Å². The van der Waals surface area contributed by atoms with Gasteiger partial charge in [0.15, 0.2) is 0 Å². The smallest absolute Gasteiger partial charge is 0.232 e. The first kappa shape index (κ1) is 18.1. The van der Waals surface area contributed by atoms with Crippen molar-refractivity contribution >= 4 is 17.3 Å². The number of unbranched alkanes of at least 4 members (excludes halogenated alkanes) is 1. The van der Waals surface area contributed by atoms with Gasteiger partial charge < -0.3 is 10.2 Å². The molecule has 1 fully saturated rings. The molecule has 0 spiro atoms. The molecular weight excluding hydrogens is 333 g/mol. The monoisotopic (exact) mass is 362 g/mol. The van der Waals surface area contributed by atoms with E-state index < -0.39 is 0 Å². The van der Waals surface area contributed by atoms with E-state index in [1.165, 1.54) is 16.8 Å². The second-order valence-corrected chi connectivity index (χ2v) is 7.79. The van der Waals surface area contributed by atoms with E-state index in [4.69, 9.17) is 0 Å². The van der Waals surface area contributed by atoms with Crippen LogP contribution in [0.4, 0.5) is 11.4 Å². The number of anilines is 2. The molecule has 1 amide bonds. The van der Waals surface area contributed by atoms with Crippen molar-refractivity contribution in [2.24, 2.45) is 0 Å². The van der Waals surface area contributed by atoms with Crippen molar-refractivity contribution in [3.63, 3.8) is 0 Å².